The molecule has 4 nitrogen and oxygen atoms in total. The van der Waals surface area contributed by atoms with Crippen LogP contribution in [0.4, 0.5) is 0 Å². The lowest BCUT2D eigenvalue weighted by Gasteiger charge is -2.24. The average Bonchev–Trinajstić information content (AvgIpc) is 2.40. The molecule has 0 saturated heterocycles. The molecule has 0 saturated carbocycles. The smallest absolute Gasteiger partial charge is 0.222 e. The summed E-state index contributed by atoms with van der Waals surface area (Å²) < 4.78 is 0. The first kappa shape index (κ1) is 18.9. The first-order valence-electron chi connectivity index (χ1n) is 7.89. The lowest BCUT2D eigenvalue weighted by Crippen LogP contribution is -2.35. The van der Waals surface area contributed by atoms with E-state index in [4.69, 9.17) is 11.0 Å². The fourth-order valence-electron chi connectivity index (χ4n) is 2.51. The van der Waals surface area contributed by atoms with E-state index >= 15 is 0 Å². The van der Waals surface area contributed by atoms with E-state index < -0.39 is 0 Å². The molecule has 0 aliphatic carbocycles. The molecule has 0 aromatic carbocycles. The van der Waals surface area contributed by atoms with Gasteiger partial charge in [-0.05, 0) is 31.2 Å². The summed E-state index contributed by atoms with van der Waals surface area (Å²) >= 11 is 0. The summed E-state index contributed by atoms with van der Waals surface area (Å²) in [6.45, 7) is 8.37. The minimum absolute atomic E-state index is 0.187. The van der Waals surface area contributed by atoms with Crippen LogP contribution in [-0.2, 0) is 4.79 Å². The first-order valence-corrected chi connectivity index (χ1v) is 7.89. The number of nitrogens with two attached hydrogens (primary N) is 1. The van der Waals surface area contributed by atoms with Crippen LogP contribution < -0.4 is 5.73 Å². The van der Waals surface area contributed by atoms with Crippen LogP contribution >= 0.6 is 0 Å². The zero-order valence-corrected chi connectivity index (χ0v) is 13.4. The lowest BCUT2D eigenvalue weighted by molar-refractivity contribution is -0.132. The van der Waals surface area contributed by atoms with Gasteiger partial charge in [-0.1, -0.05) is 33.6 Å². The molecule has 2 N–H and O–H groups in total. The van der Waals surface area contributed by atoms with Gasteiger partial charge in [0.25, 0.3) is 0 Å². The zero-order chi connectivity index (χ0) is 15.4. The van der Waals surface area contributed by atoms with E-state index in [-0.39, 0.29) is 5.91 Å². The van der Waals surface area contributed by atoms with Crippen LogP contribution in [0.2, 0.25) is 0 Å². The summed E-state index contributed by atoms with van der Waals surface area (Å²) in [4.78, 5) is 14.1. The Balaban J connectivity index is 4.31. The van der Waals surface area contributed by atoms with Crippen LogP contribution in [0.1, 0.15) is 59.3 Å². The van der Waals surface area contributed by atoms with Gasteiger partial charge in [0.1, 0.15) is 0 Å². The molecule has 0 fully saturated rings. The van der Waals surface area contributed by atoms with Crippen LogP contribution in [0.25, 0.3) is 0 Å². The number of hydrogen-bond donors (Lipinski definition) is 1. The minimum atomic E-state index is 0.187. The van der Waals surface area contributed by atoms with Crippen LogP contribution in [-0.4, -0.2) is 30.4 Å². The molecular weight excluding hydrogens is 250 g/mol. The standard InChI is InChI=1S/C16H31N3O/c1-4-6-15(9-11-18)7-8-16(20)19(12-5-10-17)13-14(2)3/h14-15H,4-9,11-13,18H2,1-3H3. The number of amides is 1. The Kier molecular flexibility index (Phi) is 11.1. The predicted molar refractivity (Wildman–Crippen MR) is 83.0 cm³/mol. The normalized spacial score (nSPS) is 12.2. The number of nitriles is 1. The average molecular weight is 281 g/mol. The lowest BCUT2D eigenvalue weighted by atomic mass is 9.94. The van der Waals surface area contributed by atoms with Crippen molar-refractivity contribution in [2.24, 2.45) is 17.6 Å². The van der Waals surface area contributed by atoms with Gasteiger partial charge in [-0.2, -0.15) is 5.26 Å². The molecule has 0 aliphatic rings. The van der Waals surface area contributed by atoms with E-state index in [0.29, 0.717) is 37.8 Å². The Morgan fingerprint density at radius 1 is 1.30 bits per heavy atom. The third-order valence-electron chi connectivity index (χ3n) is 3.47. The van der Waals surface area contributed by atoms with Crippen LogP contribution in [0.5, 0.6) is 0 Å². The monoisotopic (exact) mass is 281 g/mol. The van der Waals surface area contributed by atoms with Gasteiger partial charge in [-0.25, -0.2) is 0 Å². The highest BCUT2D eigenvalue weighted by Gasteiger charge is 2.16. The van der Waals surface area contributed by atoms with E-state index in [1.807, 2.05) is 4.90 Å². The minimum Gasteiger partial charge on any atom is -0.341 e. The molecule has 116 valence electrons. The molecule has 0 radical (unpaired) electrons. The third-order valence-corrected chi connectivity index (χ3v) is 3.47. The quantitative estimate of drug-likeness (QED) is 0.633. The van der Waals surface area contributed by atoms with E-state index in [1.165, 1.54) is 0 Å². The highest BCUT2D eigenvalue weighted by molar-refractivity contribution is 5.76. The molecular formula is C16H31N3O. The third kappa shape index (κ3) is 8.92. The van der Waals surface area contributed by atoms with E-state index in [9.17, 15) is 4.79 Å². The van der Waals surface area contributed by atoms with Gasteiger partial charge in [0.2, 0.25) is 5.91 Å². The highest BCUT2D eigenvalue weighted by Crippen LogP contribution is 2.18. The van der Waals surface area contributed by atoms with Crippen molar-refractivity contribution in [3.05, 3.63) is 0 Å². The van der Waals surface area contributed by atoms with Gasteiger partial charge >= 0.3 is 0 Å². The van der Waals surface area contributed by atoms with Crippen molar-refractivity contribution in [2.45, 2.75) is 59.3 Å². The number of nitrogens with zero attached hydrogens (tertiary/aromatic N) is 2. The number of carbonyl (C=O) groups excluding carboxylic acids is 1. The van der Waals surface area contributed by atoms with Gasteiger partial charge in [0.15, 0.2) is 0 Å². The van der Waals surface area contributed by atoms with Gasteiger partial charge < -0.3 is 10.6 Å². The summed E-state index contributed by atoms with van der Waals surface area (Å²) in [6.07, 6.45) is 5.22. The van der Waals surface area contributed by atoms with Crippen molar-refractivity contribution < 1.29 is 4.79 Å². The second kappa shape index (κ2) is 11.7. The van der Waals surface area contributed by atoms with Crippen molar-refractivity contribution in [1.29, 1.82) is 5.26 Å². The van der Waals surface area contributed by atoms with Crippen molar-refractivity contribution in [3.63, 3.8) is 0 Å². The van der Waals surface area contributed by atoms with E-state index in [0.717, 1.165) is 32.2 Å². The predicted octanol–water partition coefficient (Wildman–Crippen LogP) is 2.93. The Morgan fingerprint density at radius 3 is 2.50 bits per heavy atom. The molecule has 0 heterocycles. The van der Waals surface area contributed by atoms with Crippen molar-refractivity contribution in [1.82, 2.24) is 4.90 Å². The largest absolute Gasteiger partial charge is 0.341 e. The SMILES string of the molecule is CCCC(CCN)CCC(=O)N(CCC#N)CC(C)C. The van der Waals surface area contributed by atoms with Crippen LogP contribution in [0, 0.1) is 23.2 Å². The molecule has 0 aromatic heterocycles. The van der Waals surface area contributed by atoms with Crippen LogP contribution in [0.15, 0.2) is 0 Å². The zero-order valence-electron chi connectivity index (χ0n) is 13.4. The second-order valence-electron chi connectivity index (χ2n) is 5.91. The highest BCUT2D eigenvalue weighted by atomic mass is 16.2. The molecule has 1 amide bonds. The van der Waals surface area contributed by atoms with Crippen molar-refractivity contribution in [2.75, 3.05) is 19.6 Å². The molecule has 4 heteroatoms. The van der Waals surface area contributed by atoms with Gasteiger partial charge in [-0.3, -0.25) is 4.79 Å². The topological polar surface area (TPSA) is 70.1 Å². The fraction of sp³-hybridized carbons (Fsp3) is 0.875. The maximum Gasteiger partial charge on any atom is 0.222 e. The molecule has 0 spiro atoms. The second-order valence-corrected chi connectivity index (χ2v) is 5.91. The molecule has 0 aromatic rings. The molecule has 0 rings (SSSR count). The van der Waals surface area contributed by atoms with Crippen molar-refractivity contribution in [3.8, 4) is 6.07 Å². The molecule has 0 bridgehead atoms. The Morgan fingerprint density at radius 2 is 2.00 bits per heavy atom. The maximum absolute atomic E-state index is 12.3. The van der Waals surface area contributed by atoms with Crippen LogP contribution in [0.3, 0.4) is 0 Å². The molecule has 1 unspecified atom stereocenters. The summed E-state index contributed by atoms with van der Waals surface area (Å²) in [5, 5.41) is 8.69. The van der Waals surface area contributed by atoms with E-state index in [1.54, 1.807) is 0 Å². The number of carbonyl (C=O) groups is 1. The molecule has 0 aliphatic heterocycles. The first-order chi connectivity index (χ1) is 9.54. The fourth-order valence-corrected chi connectivity index (χ4v) is 2.51. The van der Waals surface area contributed by atoms with Gasteiger partial charge in [0, 0.05) is 19.5 Å². The summed E-state index contributed by atoms with van der Waals surface area (Å²) in [7, 11) is 0. The molecule has 20 heavy (non-hydrogen) atoms. The van der Waals surface area contributed by atoms with Crippen molar-refractivity contribution >= 4 is 5.91 Å². The summed E-state index contributed by atoms with van der Waals surface area (Å²) in [6, 6.07) is 2.12. The number of rotatable bonds is 11. The Bertz CT molecular complexity index is 291. The Labute approximate surface area is 124 Å². The Hall–Kier alpha value is -1.08. The maximum atomic E-state index is 12.3. The summed E-state index contributed by atoms with van der Waals surface area (Å²) in [5.74, 6) is 1.19. The van der Waals surface area contributed by atoms with E-state index in [2.05, 4.69) is 26.8 Å². The summed E-state index contributed by atoms with van der Waals surface area (Å²) in [5.41, 5.74) is 5.63. The van der Waals surface area contributed by atoms with Gasteiger partial charge in [-0.15, -0.1) is 0 Å². The number of hydrogen-bond acceptors (Lipinski definition) is 3. The molecule has 1 atom stereocenters. The van der Waals surface area contributed by atoms with Gasteiger partial charge in [0.05, 0.1) is 12.5 Å².